The van der Waals surface area contributed by atoms with Gasteiger partial charge in [-0.15, -0.1) is 0 Å². The Kier molecular flexibility index (Phi) is 5.11. The first kappa shape index (κ1) is 15.2. The molecule has 4 heteroatoms. The monoisotopic (exact) mass is 365 g/mol. The highest BCUT2D eigenvalue weighted by Crippen LogP contribution is 2.30. The Hall–Kier alpha value is -0.680. The van der Waals surface area contributed by atoms with Gasteiger partial charge in [-0.25, -0.2) is 0 Å². The van der Waals surface area contributed by atoms with Gasteiger partial charge in [0.1, 0.15) is 0 Å². The highest BCUT2D eigenvalue weighted by atomic mass is 79.9. The molecule has 2 aromatic rings. The predicted molar refractivity (Wildman–Crippen MR) is 91.5 cm³/mol. The van der Waals surface area contributed by atoms with Crippen molar-refractivity contribution in [2.45, 2.75) is 38.0 Å². The van der Waals surface area contributed by atoms with Gasteiger partial charge in [0.15, 0.2) is 0 Å². The van der Waals surface area contributed by atoms with Crippen molar-refractivity contribution in [1.82, 2.24) is 4.90 Å². The third-order valence-electron chi connectivity index (χ3n) is 3.97. The first-order valence-electron chi connectivity index (χ1n) is 7.41. The molecule has 0 bridgehead atoms. The van der Waals surface area contributed by atoms with Crippen molar-refractivity contribution in [3.63, 3.8) is 0 Å². The van der Waals surface area contributed by atoms with Gasteiger partial charge in [-0.05, 0) is 59.3 Å². The lowest BCUT2D eigenvalue weighted by Gasteiger charge is -2.23. The van der Waals surface area contributed by atoms with Gasteiger partial charge in [-0.2, -0.15) is 11.3 Å². The Morgan fingerprint density at radius 2 is 2.00 bits per heavy atom. The number of nitrogens with zero attached hydrogens (tertiary/aromatic N) is 1. The Labute approximate surface area is 138 Å². The molecule has 1 aliphatic carbocycles. The standard InChI is InChI=1S/C17H20BrNOS/c18-15-3-1-14(2-4-15)17(20)7-9-19(16-5-6-16)11-13-8-10-21-12-13/h1-4,8,10,12,16-17,20H,5-7,9,11H2. The summed E-state index contributed by atoms with van der Waals surface area (Å²) in [6.45, 7) is 1.97. The summed E-state index contributed by atoms with van der Waals surface area (Å²) in [5, 5.41) is 14.7. The number of halogens is 1. The van der Waals surface area contributed by atoms with Crippen LogP contribution < -0.4 is 0 Å². The second-order valence-corrected chi connectivity index (χ2v) is 7.38. The van der Waals surface area contributed by atoms with Crippen LogP contribution in [0.4, 0.5) is 0 Å². The van der Waals surface area contributed by atoms with Gasteiger partial charge in [0.05, 0.1) is 6.10 Å². The molecule has 1 atom stereocenters. The summed E-state index contributed by atoms with van der Waals surface area (Å²) < 4.78 is 1.05. The molecule has 1 heterocycles. The highest BCUT2D eigenvalue weighted by molar-refractivity contribution is 9.10. The van der Waals surface area contributed by atoms with E-state index in [1.54, 1.807) is 11.3 Å². The first-order valence-corrected chi connectivity index (χ1v) is 9.14. The van der Waals surface area contributed by atoms with Crippen molar-refractivity contribution in [3.8, 4) is 0 Å². The highest BCUT2D eigenvalue weighted by Gasteiger charge is 2.29. The van der Waals surface area contributed by atoms with Crippen molar-refractivity contribution in [3.05, 3.63) is 56.7 Å². The average molecular weight is 366 g/mol. The minimum absolute atomic E-state index is 0.373. The molecule has 1 saturated carbocycles. The van der Waals surface area contributed by atoms with Crippen molar-refractivity contribution < 1.29 is 5.11 Å². The van der Waals surface area contributed by atoms with Crippen LogP contribution in [-0.2, 0) is 6.54 Å². The van der Waals surface area contributed by atoms with Crippen molar-refractivity contribution in [2.24, 2.45) is 0 Å². The van der Waals surface area contributed by atoms with Crippen molar-refractivity contribution in [2.75, 3.05) is 6.54 Å². The molecule has 1 N–H and O–H groups in total. The van der Waals surface area contributed by atoms with Crippen LogP contribution in [0.5, 0.6) is 0 Å². The predicted octanol–water partition coefficient (Wildman–Crippen LogP) is 4.60. The van der Waals surface area contributed by atoms with Gasteiger partial charge in [0, 0.05) is 23.6 Å². The molecule has 3 rings (SSSR count). The lowest BCUT2D eigenvalue weighted by atomic mass is 10.1. The van der Waals surface area contributed by atoms with Gasteiger partial charge >= 0.3 is 0 Å². The van der Waals surface area contributed by atoms with E-state index in [0.717, 1.165) is 35.6 Å². The van der Waals surface area contributed by atoms with E-state index < -0.39 is 0 Å². The molecule has 1 aromatic heterocycles. The summed E-state index contributed by atoms with van der Waals surface area (Å²) in [6.07, 6.45) is 3.03. The number of hydrogen-bond acceptors (Lipinski definition) is 3. The number of aliphatic hydroxyl groups is 1. The zero-order chi connectivity index (χ0) is 14.7. The molecule has 2 nitrogen and oxygen atoms in total. The number of hydrogen-bond donors (Lipinski definition) is 1. The summed E-state index contributed by atoms with van der Waals surface area (Å²) >= 11 is 5.18. The second kappa shape index (κ2) is 7.05. The van der Waals surface area contributed by atoms with Gasteiger partial charge in [-0.3, -0.25) is 4.90 Å². The van der Waals surface area contributed by atoms with E-state index >= 15 is 0 Å². The maximum atomic E-state index is 10.3. The lowest BCUT2D eigenvalue weighted by molar-refractivity contribution is 0.137. The summed E-state index contributed by atoms with van der Waals surface area (Å²) in [5.41, 5.74) is 2.40. The minimum atomic E-state index is -0.373. The van der Waals surface area contributed by atoms with Crippen LogP contribution in [-0.4, -0.2) is 22.6 Å². The molecular weight excluding hydrogens is 346 g/mol. The average Bonchev–Trinajstić information content (AvgIpc) is 3.21. The smallest absolute Gasteiger partial charge is 0.0802 e. The number of rotatable bonds is 7. The molecule has 21 heavy (non-hydrogen) atoms. The zero-order valence-electron chi connectivity index (χ0n) is 11.9. The SMILES string of the molecule is OC(CCN(Cc1ccsc1)C1CC1)c1ccc(Br)cc1. The third kappa shape index (κ3) is 4.39. The van der Waals surface area contributed by atoms with Gasteiger partial charge < -0.3 is 5.11 Å². The normalized spacial score (nSPS) is 16.3. The van der Waals surface area contributed by atoms with Crippen LogP contribution in [0.25, 0.3) is 0 Å². The molecule has 0 amide bonds. The Morgan fingerprint density at radius 3 is 2.62 bits per heavy atom. The fourth-order valence-electron chi connectivity index (χ4n) is 2.59. The van der Waals surface area contributed by atoms with Crippen LogP contribution in [0.3, 0.4) is 0 Å². The van der Waals surface area contributed by atoms with Crippen molar-refractivity contribution in [1.29, 1.82) is 0 Å². The lowest BCUT2D eigenvalue weighted by Crippen LogP contribution is -2.27. The topological polar surface area (TPSA) is 23.5 Å². The Balaban J connectivity index is 1.55. The molecule has 1 aromatic carbocycles. The van der Waals surface area contributed by atoms with Gasteiger partial charge in [0.2, 0.25) is 0 Å². The minimum Gasteiger partial charge on any atom is -0.388 e. The third-order valence-corrected chi connectivity index (χ3v) is 5.23. The Bertz CT molecular complexity index is 551. The van der Waals surface area contributed by atoms with E-state index in [2.05, 4.69) is 37.7 Å². The summed E-state index contributed by atoms with van der Waals surface area (Å²) in [5.74, 6) is 0. The maximum Gasteiger partial charge on any atom is 0.0802 e. The van der Waals surface area contributed by atoms with Crippen LogP contribution in [0.2, 0.25) is 0 Å². The van der Waals surface area contributed by atoms with E-state index in [-0.39, 0.29) is 6.10 Å². The quantitative estimate of drug-likeness (QED) is 0.774. The first-order chi connectivity index (χ1) is 10.2. The fraction of sp³-hybridized carbons (Fsp3) is 0.412. The van der Waals surface area contributed by atoms with Crippen molar-refractivity contribution >= 4 is 27.3 Å². The summed E-state index contributed by atoms with van der Waals surface area (Å²) in [4.78, 5) is 2.52. The van der Waals surface area contributed by atoms with E-state index in [1.807, 2.05) is 24.3 Å². The Morgan fingerprint density at radius 1 is 1.24 bits per heavy atom. The fourth-order valence-corrected chi connectivity index (χ4v) is 3.51. The molecule has 1 aliphatic rings. The van der Waals surface area contributed by atoms with Crippen LogP contribution in [0.15, 0.2) is 45.6 Å². The maximum absolute atomic E-state index is 10.3. The summed E-state index contributed by atoms with van der Waals surface area (Å²) in [7, 11) is 0. The van der Waals surface area contributed by atoms with Crippen LogP contribution in [0, 0.1) is 0 Å². The van der Waals surface area contributed by atoms with Gasteiger partial charge in [0.25, 0.3) is 0 Å². The summed E-state index contributed by atoms with van der Waals surface area (Å²) in [6, 6.07) is 10.9. The zero-order valence-corrected chi connectivity index (χ0v) is 14.3. The molecule has 1 fully saturated rings. The molecular formula is C17H20BrNOS. The van der Waals surface area contributed by atoms with E-state index in [1.165, 1.54) is 18.4 Å². The van der Waals surface area contributed by atoms with Crippen LogP contribution in [0.1, 0.15) is 36.5 Å². The van der Waals surface area contributed by atoms with E-state index in [4.69, 9.17) is 0 Å². The molecule has 0 saturated heterocycles. The van der Waals surface area contributed by atoms with Gasteiger partial charge in [-0.1, -0.05) is 28.1 Å². The molecule has 0 spiro atoms. The molecule has 1 unspecified atom stereocenters. The van der Waals surface area contributed by atoms with E-state index in [9.17, 15) is 5.11 Å². The molecule has 0 aliphatic heterocycles. The molecule has 0 radical (unpaired) electrons. The molecule has 112 valence electrons. The second-order valence-electron chi connectivity index (χ2n) is 5.69. The number of benzene rings is 1. The number of aliphatic hydroxyl groups excluding tert-OH is 1. The number of thiophene rings is 1. The largest absolute Gasteiger partial charge is 0.388 e. The van der Waals surface area contributed by atoms with Crippen LogP contribution >= 0.6 is 27.3 Å². The van der Waals surface area contributed by atoms with E-state index in [0.29, 0.717) is 0 Å².